The molecular weight excluding hydrogens is 528 g/mol. The van der Waals surface area contributed by atoms with Gasteiger partial charge in [0.2, 0.25) is 0 Å². The molecule has 4 aromatic carbocycles. The van der Waals surface area contributed by atoms with E-state index in [0.717, 1.165) is 65.4 Å². The summed E-state index contributed by atoms with van der Waals surface area (Å²) in [6, 6.07) is 24.2. The molecule has 3 heterocycles. The van der Waals surface area contributed by atoms with Crippen LogP contribution in [0.25, 0.3) is 115 Å². The first-order valence-corrected chi connectivity index (χ1v) is 12.8. The predicted molar refractivity (Wildman–Crippen MR) is 169 cm³/mol. The van der Waals surface area contributed by atoms with E-state index in [1.807, 2.05) is 68.3 Å². The molecule has 42 heavy (non-hydrogen) atoms. The fourth-order valence-corrected chi connectivity index (χ4v) is 6.09. The van der Waals surface area contributed by atoms with Gasteiger partial charge in [0.25, 0.3) is 0 Å². The summed E-state index contributed by atoms with van der Waals surface area (Å²) in [7, 11) is 0. The lowest BCUT2D eigenvalue weighted by Crippen LogP contribution is -1.91. The van der Waals surface area contributed by atoms with E-state index in [0.29, 0.717) is 0 Å². The van der Waals surface area contributed by atoms with Gasteiger partial charge in [0.1, 0.15) is 0 Å². The molecule has 0 radical (unpaired) electrons. The van der Waals surface area contributed by atoms with E-state index in [1.54, 1.807) is 18.6 Å². The molecular formula is C30H18N12. The summed E-state index contributed by atoms with van der Waals surface area (Å²) >= 11 is 0. The van der Waals surface area contributed by atoms with E-state index in [-0.39, 0.29) is 0 Å². The maximum absolute atomic E-state index is 9.01. The second-order valence-corrected chi connectivity index (χ2v) is 9.34. The Hall–Kier alpha value is -6.57. The van der Waals surface area contributed by atoms with Crippen LogP contribution in [-0.2, 0) is 0 Å². The second kappa shape index (κ2) is 9.87. The Kier molecular flexibility index (Phi) is 5.75. The van der Waals surface area contributed by atoms with Gasteiger partial charge in [-0.15, -0.1) is 0 Å². The lowest BCUT2D eigenvalue weighted by atomic mass is 10.0. The number of hydrogen-bond acceptors (Lipinski definition) is 3. The normalized spacial score (nSPS) is 12.0. The molecule has 3 aromatic heterocycles. The van der Waals surface area contributed by atoms with Gasteiger partial charge in [-0.2, -0.15) is 0 Å². The second-order valence-electron chi connectivity index (χ2n) is 9.34. The van der Waals surface area contributed by atoms with Crippen molar-refractivity contribution in [2.45, 2.75) is 0 Å². The van der Waals surface area contributed by atoms with Gasteiger partial charge >= 0.3 is 0 Å². The molecule has 7 rings (SSSR count). The molecule has 0 bridgehead atoms. The first-order valence-electron chi connectivity index (χ1n) is 12.8. The van der Waals surface area contributed by atoms with Crippen LogP contribution in [0.4, 0.5) is 0 Å². The summed E-state index contributed by atoms with van der Waals surface area (Å²) in [6.07, 6.45) is 9.58. The quantitative estimate of drug-likeness (QED) is 0.110. The highest BCUT2D eigenvalue weighted by atomic mass is 15.1. The largest absolute Gasteiger partial charge is 0.315 e. The van der Waals surface area contributed by atoms with Crippen LogP contribution in [0, 0.1) is 0 Å². The number of aromatic nitrogens is 3. The van der Waals surface area contributed by atoms with Gasteiger partial charge in [-0.1, -0.05) is 69.9 Å². The van der Waals surface area contributed by atoms with Crippen molar-refractivity contribution in [3.8, 4) is 0 Å². The van der Waals surface area contributed by atoms with E-state index >= 15 is 0 Å². The summed E-state index contributed by atoms with van der Waals surface area (Å²) in [5, 5.41) is 16.9. The molecule has 0 saturated carbocycles. The molecule has 7 aromatic rings. The van der Waals surface area contributed by atoms with Crippen LogP contribution in [0.5, 0.6) is 0 Å². The van der Waals surface area contributed by atoms with Crippen LogP contribution in [-0.4, -0.2) is 13.7 Å². The van der Waals surface area contributed by atoms with Crippen molar-refractivity contribution in [2.24, 2.45) is 15.3 Å². The monoisotopic (exact) mass is 546 g/mol. The molecule has 0 amide bonds. The standard InChI is InChI=1S/C30H18N12/c31-37-34-13-16-40-22-10-4-1-7-19(22)25-28(40)26-21-9-3-6-12-24(21)42(18-15-36-39-33)30(26)27-20-8-2-5-11-23(20)41(29(25)27)17-14-35-38-32/h1-18H/b16-13+,17-14+,18-15+. The maximum Gasteiger partial charge on any atom is 0.0656 e. The number of hydrogen-bond donors (Lipinski definition) is 0. The van der Waals surface area contributed by atoms with Crippen molar-refractivity contribution in [3.63, 3.8) is 0 Å². The van der Waals surface area contributed by atoms with E-state index in [1.165, 1.54) is 18.6 Å². The van der Waals surface area contributed by atoms with E-state index < -0.39 is 0 Å². The number of benzene rings is 4. The number of azide groups is 3. The SMILES string of the molecule is [N-]=[N+]=N/C=C/n1c2ccccc2c2c1c1c3ccccc3n(/C=C/N=[N+]=[N-])c1c1c3ccccc3n(/C=C/N=[N+]=[N-])c21. The third-order valence-corrected chi connectivity index (χ3v) is 7.44. The lowest BCUT2D eigenvalue weighted by molar-refractivity contribution is 1.26. The van der Waals surface area contributed by atoms with Gasteiger partial charge in [-0.25, -0.2) is 0 Å². The van der Waals surface area contributed by atoms with Crippen molar-refractivity contribution < 1.29 is 0 Å². The molecule has 12 nitrogen and oxygen atoms in total. The van der Waals surface area contributed by atoms with Gasteiger partial charge in [-0.05, 0) is 34.8 Å². The van der Waals surface area contributed by atoms with Gasteiger partial charge < -0.3 is 13.7 Å². The molecule has 0 atom stereocenters. The highest BCUT2D eigenvalue weighted by Crippen LogP contribution is 2.48. The van der Waals surface area contributed by atoms with Crippen LogP contribution in [0.3, 0.4) is 0 Å². The average Bonchev–Trinajstić information content (AvgIpc) is 3.64. The Morgan fingerprint density at radius 2 is 0.738 bits per heavy atom. The van der Waals surface area contributed by atoms with Crippen LogP contribution < -0.4 is 0 Å². The summed E-state index contributed by atoms with van der Waals surface area (Å²) in [5.41, 5.74) is 32.5. The minimum Gasteiger partial charge on any atom is -0.315 e. The molecule has 0 unspecified atom stereocenters. The lowest BCUT2D eigenvalue weighted by Gasteiger charge is -2.08. The zero-order valence-corrected chi connectivity index (χ0v) is 21.8. The highest BCUT2D eigenvalue weighted by molar-refractivity contribution is 6.40. The van der Waals surface area contributed by atoms with Crippen LogP contribution in [0.2, 0.25) is 0 Å². The van der Waals surface area contributed by atoms with Crippen molar-refractivity contribution in [2.75, 3.05) is 0 Å². The molecule has 0 spiro atoms. The molecule has 0 saturated heterocycles. The van der Waals surface area contributed by atoms with Gasteiger partial charge in [0, 0.05) is 84.3 Å². The zero-order chi connectivity index (χ0) is 28.6. The number of para-hydroxylation sites is 3. The van der Waals surface area contributed by atoms with Crippen molar-refractivity contribution in [3.05, 3.63) is 123 Å². The molecule has 198 valence electrons. The van der Waals surface area contributed by atoms with Crippen molar-refractivity contribution in [1.82, 2.24) is 13.7 Å². The average molecular weight is 547 g/mol. The van der Waals surface area contributed by atoms with E-state index in [4.69, 9.17) is 16.6 Å². The number of nitrogens with zero attached hydrogens (tertiary/aromatic N) is 12. The summed E-state index contributed by atoms with van der Waals surface area (Å²) in [5.74, 6) is 0. The molecule has 0 N–H and O–H groups in total. The fourth-order valence-electron chi connectivity index (χ4n) is 6.09. The zero-order valence-electron chi connectivity index (χ0n) is 21.8. The molecule has 0 aliphatic rings. The first-order chi connectivity index (χ1) is 20.8. The van der Waals surface area contributed by atoms with Crippen LogP contribution in [0.1, 0.15) is 0 Å². The smallest absolute Gasteiger partial charge is 0.0656 e. The molecule has 0 aliphatic heterocycles. The molecule has 0 aliphatic carbocycles. The Morgan fingerprint density at radius 3 is 1.02 bits per heavy atom. The first kappa shape index (κ1) is 24.5. The summed E-state index contributed by atoms with van der Waals surface area (Å²) in [6.45, 7) is 0. The van der Waals surface area contributed by atoms with Gasteiger partial charge in [0.15, 0.2) is 0 Å². The predicted octanol–water partition coefficient (Wildman–Crippen LogP) is 10.2. The Balaban J connectivity index is 1.91. The minimum absolute atomic E-state index is 0.900. The van der Waals surface area contributed by atoms with Crippen molar-refractivity contribution >= 4 is 84.0 Å². The molecule has 0 fully saturated rings. The maximum atomic E-state index is 9.01. The van der Waals surface area contributed by atoms with Crippen molar-refractivity contribution in [1.29, 1.82) is 0 Å². The van der Waals surface area contributed by atoms with E-state index in [9.17, 15) is 0 Å². The Bertz CT molecular complexity index is 2180. The Labute approximate surface area is 235 Å². The number of fused-ring (bicyclic) bond motifs is 12. The third kappa shape index (κ3) is 3.42. The fraction of sp³-hybridized carbons (Fsp3) is 0. The topological polar surface area (TPSA) is 161 Å². The highest BCUT2D eigenvalue weighted by Gasteiger charge is 2.26. The van der Waals surface area contributed by atoms with Crippen LogP contribution >= 0.6 is 0 Å². The van der Waals surface area contributed by atoms with Gasteiger partial charge in [-0.3, -0.25) is 0 Å². The summed E-state index contributed by atoms with van der Waals surface area (Å²) < 4.78 is 6.11. The third-order valence-electron chi connectivity index (χ3n) is 7.44. The number of rotatable bonds is 6. The molecule has 12 heteroatoms. The minimum atomic E-state index is 0.900. The van der Waals surface area contributed by atoms with Gasteiger partial charge in [0.05, 0.1) is 33.1 Å². The van der Waals surface area contributed by atoms with E-state index in [2.05, 4.69) is 48.3 Å². The van der Waals surface area contributed by atoms with Crippen LogP contribution in [0.15, 0.2) is 107 Å². The Morgan fingerprint density at radius 1 is 0.452 bits per heavy atom. The summed E-state index contributed by atoms with van der Waals surface area (Å²) in [4.78, 5) is 8.72.